The van der Waals surface area contributed by atoms with Crippen LogP contribution in [-0.4, -0.2) is 57.6 Å². The van der Waals surface area contributed by atoms with Crippen molar-refractivity contribution in [3.63, 3.8) is 0 Å². The maximum absolute atomic E-state index is 11.4. The Morgan fingerprint density at radius 2 is 1.39 bits per heavy atom. The van der Waals surface area contributed by atoms with Gasteiger partial charge in [-0.15, -0.1) is 0 Å². The summed E-state index contributed by atoms with van der Waals surface area (Å²) in [4.78, 5) is 11.4. The summed E-state index contributed by atoms with van der Waals surface area (Å²) in [6.07, 6.45) is 5.63. The van der Waals surface area contributed by atoms with Crippen LogP contribution in [0.4, 0.5) is 0 Å². The molecule has 0 amide bonds. The first kappa shape index (κ1) is 20.6. The van der Waals surface area contributed by atoms with E-state index in [1.54, 1.807) is 0 Å². The van der Waals surface area contributed by atoms with Crippen molar-refractivity contribution >= 4 is 5.78 Å². The number of hydrogen-bond donors (Lipinski definition) is 0. The van der Waals surface area contributed by atoms with Crippen molar-refractivity contribution in [3.8, 4) is 0 Å². The molecular weight excluding hydrogens is 296 g/mol. The minimum absolute atomic E-state index is 0.0931. The Morgan fingerprint density at radius 1 is 0.870 bits per heavy atom. The second-order valence-electron chi connectivity index (χ2n) is 6.32. The molecule has 5 nitrogen and oxygen atoms in total. The highest BCUT2D eigenvalue weighted by Crippen LogP contribution is 2.23. The smallest absolute Gasteiger partial charge is 0.137 e. The molecule has 0 saturated heterocycles. The molecular formula is C18H34O5. The molecule has 0 unspecified atom stereocenters. The van der Waals surface area contributed by atoms with Gasteiger partial charge < -0.3 is 18.9 Å². The Hall–Kier alpha value is -0.490. The van der Waals surface area contributed by atoms with Gasteiger partial charge in [0, 0.05) is 18.9 Å². The van der Waals surface area contributed by atoms with Gasteiger partial charge in [-0.05, 0) is 32.6 Å². The SMILES string of the molecule is CCOC1CCC(OCCOCCOCCC(=O)C(C)C)CC1. The van der Waals surface area contributed by atoms with Gasteiger partial charge in [0.1, 0.15) is 5.78 Å². The number of hydrogen-bond acceptors (Lipinski definition) is 5. The summed E-state index contributed by atoms with van der Waals surface area (Å²) in [5, 5.41) is 0. The van der Waals surface area contributed by atoms with Crippen LogP contribution in [0.25, 0.3) is 0 Å². The number of ketones is 1. The van der Waals surface area contributed by atoms with Gasteiger partial charge in [0.25, 0.3) is 0 Å². The molecule has 0 heterocycles. The highest BCUT2D eigenvalue weighted by molar-refractivity contribution is 5.80. The van der Waals surface area contributed by atoms with E-state index in [1.807, 2.05) is 20.8 Å². The molecule has 23 heavy (non-hydrogen) atoms. The van der Waals surface area contributed by atoms with Crippen LogP contribution in [0.1, 0.15) is 52.9 Å². The van der Waals surface area contributed by atoms with E-state index in [9.17, 15) is 4.79 Å². The second kappa shape index (κ2) is 12.9. The van der Waals surface area contributed by atoms with Crippen LogP contribution in [0.5, 0.6) is 0 Å². The fourth-order valence-electron chi connectivity index (χ4n) is 2.66. The summed E-state index contributed by atoms with van der Waals surface area (Å²) in [7, 11) is 0. The summed E-state index contributed by atoms with van der Waals surface area (Å²) in [5.74, 6) is 0.342. The van der Waals surface area contributed by atoms with Crippen LogP contribution in [0.15, 0.2) is 0 Å². The Bertz CT molecular complexity index is 298. The minimum atomic E-state index is 0.0931. The van der Waals surface area contributed by atoms with Crippen molar-refractivity contribution in [3.05, 3.63) is 0 Å². The number of ether oxygens (including phenoxy) is 4. The van der Waals surface area contributed by atoms with E-state index in [0.717, 1.165) is 32.3 Å². The molecule has 0 atom stereocenters. The Labute approximate surface area is 141 Å². The van der Waals surface area contributed by atoms with Crippen molar-refractivity contribution in [2.75, 3.05) is 39.6 Å². The summed E-state index contributed by atoms with van der Waals surface area (Å²) < 4.78 is 22.3. The van der Waals surface area contributed by atoms with Crippen LogP contribution in [0.2, 0.25) is 0 Å². The van der Waals surface area contributed by atoms with Gasteiger partial charge in [-0.3, -0.25) is 4.79 Å². The standard InChI is InChI=1S/C18H34O5/c1-4-22-16-5-7-17(8-6-16)23-14-13-21-12-11-20-10-9-18(19)15(2)3/h15-17H,4-14H2,1-3H3. The molecule has 1 rings (SSSR count). The van der Waals surface area contributed by atoms with Gasteiger partial charge in [-0.25, -0.2) is 0 Å². The zero-order valence-electron chi connectivity index (χ0n) is 15.1. The maximum atomic E-state index is 11.4. The molecule has 0 aliphatic heterocycles. The first-order valence-electron chi connectivity index (χ1n) is 9.04. The normalized spacial score (nSPS) is 21.7. The van der Waals surface area contributed by atoms with Gasteiger partial charge in [-0.1, -0.05) is 13.8 Å². The van der Waals surface area contributed by atoms with E-state index < -0.39 is 0 Å². The van der Waals surface area contributed by atoms with Gasteiger partial charge in [0.05, 0.1) is 45.2 Å². The number of rotatable bonds is 13. The predicted octanol–water partition coefficient (Wildman–Crippen LogP) is 3.00. The lowest BCUT2D eigenvalue weighted by molar-refractivity contribution is -0.123. The molecule has 1 aliphatic rings. The molecule has 0 radical (unpaired) electrons. The lowest BCUT2D eigenvalue weighted by Gasteiger charge is -2.28. The van der Waals surface area contributed by atoms with E-state index in [1.165, 1.54) is 0 Å². The molecule has 0 bridgehead atoms. The van der Waals surface area contributed by atoms with E-state index in [2.05, 4.69) is 0 Å². The zero-order valence-corrected chi connectivity index (χ0v) is 15.1. The average molecular weight is 330 g/mol. The van der Waals surface area contributed by atoms with Crippen molar-refractivity contribution in [2.24, 2.45) is 5.92 Å². The van der Waals surface area contributed by atoms with Crippen molar-refractivity contribution in [1.29, 1.82) is 0 Å². The first-order valence-corrected chi connectivity index (χ1v) is 9.04. The summed E-state index contributed by atoms with van der Waals surface area (Å²) in [5.41, 5.74) is 0. The molecule has 0 aromatic rings. The van der Waals surface area contributed by atoms with Gasteiger partial charge in [0.2, 0.25) is 0 Å². The third kappa shape index (κ3) is 10.1. The quantitative estimate of drug-likeness (QED) is 0.486. The van der Waals surface area contributed by atoms with E-state index in [0.29, 0.717) is 51.7 Å². The van der Waals surface area contributed by atoms with E-state index in [-0.39, 0.29) is 11.7 Å². The molecule has 1 aliphatic carbocycles. The van der Waals surface area contributed by atoms with E-state index >= 15 is 0 Å². The molecule has 0 aromatic carbocycles. The highest BCUT2D eigenvalue weighted by atomic mass is 16.5. The van der Waals surface area contributed by atoms with Gasteiger partial charge in [-0.2, -0.15) is 0 Å². The molecule has 0 N–H and O–H groups in total. The first-order chi connectivity index (χ1) is 11.1. The summed E-state index contributed by atoms with van der Waals surface area (Å²) >= 11 is 0. The molecule has 1 saturated carbocycles. The monoisotopic (exact) mass is 330 g/mol. The van der Waals surface area contributed by atoms with Crippen LogP contribution < -0.4 is 0 Å². The molecule has 1 fully saturated rings. The van der Waals surface area contributed by atoms with Gasteiger partial charge >= 0.3 is 0 Å². The third-order valence-corrected chi connectivity index (χ3v) is 4.11. The van der Waals surface area contributed by atoms with E-state index in [4.69, 9.17) is 18.9 Å². The van der Waals surface area contributed by atoms with Crippen LogP contribution in [0.3, 0.4) is 0 Å². The fourth-order valence-corrected chi connectivity index (χ4v) is 2.66. The number of Topliss-reactive ketones (excluding diaryl/α,β-unsaturated/α-hetero) is 1. The van der Waals surface area contributed by atoms with Crippen molar-refractivity contribution < 1.29 is 23.7 Å². The zero-order chi connectivity index (χ0) is 16.9. The predicted molar refractivity (Wildman–Crippen MR) is 89.7 cm³/mol. The molecule has 5 heteroatoms. The van der Waals surface area contributed by atoms with Gasteiger partial charge in [0.15, 0.2) is 0 Å². The molecule has 0 spiro atoms. The summed E-state index contributed by atoms with van der Waals surface area (Å²) in [6, 6.07) is 0. The van der Waals surface area contributed by atoms with Crippen molar-refractivity contribution in [2.45, 2.75) is 65.1 Å². The van der Waals surface area contributed by atoms with Crippen molar-refractivity contribution in [1.82, 2.24) is 0 Å². The van der Waals surface area contributed by atoms with Crippen LogP contribution in [0, 0.1) is 5.92 Å². The number of carbonyl (C=O) groups is 1. The maximum Gasteiger partial charge on any atom is 0.137 e. The third-order valence-electron chi connectivity index (χ3n) is 4.11. The largest absolute Gasteiger partial charge is 0.379 e. The van der Waals surface area contributed by atoms with Crippen LogP contribution >= 0.6 is 0 Å². The van der Waals surface area contributed by atoms with Crippen LogP contribution in [-0.2, 0) is 23.7 Å². The minimum Gasteiger partial charge on any atom is -0.379 e. The highest BCUT2D eigenvalue weighted by Gasteiger charge is 2.21. The average Bonchev–Trinajstić information content (AvgIpc) is 2.54. The second-order valence-corrected chi connectivity index (χ2v) is 6.32. The number of carbonyl (C=O) groups excluding carboxylic acids is 1. The fraction of sp³-hybridized carbons (Fsp3) is 0.944. The molecule has 0 aromatic heterocycles. The Balaban J connectivity index is 1.84. The summed E-state index contributed by atoms with van der Waals surface area (Å²) in [6.45, 7) is 9.48. The Morgan fingerprint density at radius 3 is 1.96 bits per heavy atom. The topological polar surface area (TPSA) is 54.0 Å². The lowest BCUT2D eigenvalue weighted by Crippen LogP contribution is -2.27. The lowest BCUT2D eigenvalue weighted by atomic mass is 9.95. The Kier molecular flexibility index (Phi) is 11.5. The molecule has 136 valence electrons.